The van der Waals surface area contributed by atoms with Gasteiger partial charge in [0.25, 0.3) is 0 Å². The van der Waals surface area contributed by atoms with Crippen molar-refractivity contribution >= 4 is 29.6 Å². The second-order valence-corrected chi connectivity index (χ2v) is 8.13. The summed E-state index contributed by atoms with van der Waals surface area (Å²) in [6.45, 7) is 8.88. The third-order valence-electron chi connectivity index (χ3n) is 4.06. The van der Waals surface area contributed by atoms with Gasteiger partial charge in [0.2, 0.25) is 5.95 Å². The number of ether oxygens (including phenoxy) is 1. The van der Waals surface area contributed by atoms with Gasteiger partial charge < -0.3 is 25.7 Å². The Morgan fingerprint density at radius 3 is 2.76 bits per heavy atom. The van der Waals surface area contributed by atoms with Crippen LogP contribution in [0, 0.1) is 5.82 Å². The molecule has 1 heterocycles. The van der Waals surface area contributed by atoms with Crippen molar-refractivity contribution in [3.63, 3.8) is 0 Å². The Morgan fingerprint density at radius 2 is 2.09 bits per heavy atom. The van der Waals surface area contributed by atoms with E-state index in [9.17, 15) is 9.18 Å². The number of amides is 1. The summed E-state index contributed by atoms with van der Waals surface area (Å²) in [5.74, 6) is 6.20. The molecule has 0 bridgehead atoms. The van der Waals surface area contributed by atoms with Gasteiger partial charge in [-0.2, -0.15) is 10.5 Å². The smallest absolute Gasteiger partial charge is 0.407 e. The Kier molecular flexibility index (Phi) is 9.83. The van der Waals surface area contributed by atoms with E-state index in [4.69, 9.17) is 10.6 Å². The lowest BCUT2D eigenvalue weighted by Crippen LogP contribution is -2.44. The first-order chi connectivity index (χ1) is 15.7. The quantitative estimate of drug-likeness (QED) is 0.253. The highest BCUT2D eigenvalue weighted by molar-refractivity contribution is 5.67. The van der Waals surface area contributed by atoms with Crippen molar-refractivity contribution in [1.82, 2.24) is 25.8 Å². The molecule has 0 saturated heterocycles. The molecule has 6 N–H and O–H groups in total. The van der Waals surface area contributed by atoms with E-state index in [1.54, 1.807) is 56.4 Å². The molecule has 1 aromatic carbocycles. The van der Waals surface area contributed by atoms with Gasteiger partial charge in [0.05, 0.1) is 6.54 Å². The van der Waals surface area contributed by atoms with Crippen LogP contribution in [0.1, 0.15) is 39.7 Å². The molecule has 10 nitrogen and oxygen atoms in total. The summed E-state index contributed by atoms with van der Waals surface area (Å²) in [6, 6.07) is 6.08. The van der Waals surface area contributed by atoms with Crippen LogP contribution < -0.4 is 27.3 Å². The van der Waals surface area contributed by atoms with Crippen LogP contribution in [0.2, 0.25) is 0 Å². The first kappa shape index (κ1) is 25.8. The average molecular weight is 461 g/mol. The maximum atomic E-state index is 13.4. The predicted molar refractivity (Wildman–Crippen MR) is 128 cm³/mol. The molecule has 11 heteroatoms. The standard InChI is InChI=1S/C22H33FN8O2/c1-5-10-25-19-16(15-27-20(29-19)28-18-8-6-7-17(23)14-18)9-12-31(30-24)13-11-26-21(32)33-22(2,3)4/h6-9,12,14-15,30H,5,10-11,13,24H2,1-4H3,(H,26,32)(H2,25,27,28,29)/b12-9+. The maximum absolute atomic E-state index is 13.4. The normalized spacial score (nSPS) is 11.3. The van der Waals surface area contributed by atoms with E-state index in [0.29, 0.717) is 30.5 Å². The molecule has 0 saturated carbocycles. The second kappa shape index (κ2) is 12.6. The highest BCUT2D eigenvalue weighted by Gasteiger charge is 2.15. The van der Waals surface area contributed by atoms with E-state index in [-0.39, 0.29) is 5.82 Å². The number of carbonyl (C=O) groups is 1. The minimum atomic E-state index is -0.562. The highest BCUT2D eigenvalue weighted by atomic mass is 19.1. The molecule has 0 fully saturated rings. The second-order valence-electron chi connectivity index (χ2n) is 8.13. The van der Waals surface area contributed by atoms with Crippen molar-refractivity contribution in [2.45, 2.75) is 39.7 Å². The fraction of sp³-hybridized carbons (Fsp3) is 0.409. The summed E-state index contributed by atoms with van der Waals surface area (Å²) in [6.07, 6.45) is 5.57. The summed E-state index contributed by atoms with van der Waals surface area (Å²) in [5.41, 5.74) is 3.27. The largest absolute Gasteiger partial charge is 0.444 e. The number of aromatic nitrogens is 2. The van der Waals surface area contributed by atoms with E-state index < -0.39 is 11.7 Å². The third-order valence-corrected chi connectivity index (χ3v) is 4.06. The van der Waals surface area contributed by atoms with Gasteiger partial charge in [-0.3, -0.25) is 5.84 Å². The summed E-state index contributed by atoms with van der Waals surface area (Å²) < 4.78 is 18.6. The number of nitrogens with one attached hydrogen (secondary N) is 4. The Hall–Kier alpha value is -3.44. The maximum Gasteiger partial charge on any atom is 0.407 e. The number of hydrogen-bond donors (Lipinski definition) is 5. The van der Waals surface area contributed by atoms with Crippen molar-refractivity contribution in [2.24, 2.45) is 5.84 Å². The Bertz CT molecular complexity index is 933. The lowest BCUT2D eigenvalue weighted by atomic mass is 10.2. The molecule has 2 rings (SSSR count). The molecule has 180 valence electrons. The van der Waals surface area contributed by atoms with Crippen LogP contribution in [0.4, 0.5) is 26.6 Å². The number of anilines is 3. The van der Waals surface area contributed by atoms with Crippen molar-refractivity contribution in [3.8, 4) is 0 Å². The number of alkyl carbamates (subject to hydrolysis) is 1. The molecule has 33 heavy (non-hydrogen) atoms. The fourth-order valence-corrected chi connectivity index (χ4v) is 2.60. The zero-order valence-corrected chi connectivity index (χ0v) is 19.5. The molecule has 1 aromatic heterocycles. The molecule has 0 aliphatic rings. The fourth-order valence-electron chi connectivity index (χ4n) is 2.60. The molecule has 0 aliphatic carbocycles. The zero-order chi connectivity index (χ0) is 24.3. The SMILES string of the molecule is CCCNc1nc(Nc2cccc(F)c2)ncc1/C=C/N(CCNC(=O)OC(C)(C)C)NN. The van der Waals surface area contributed by atoms with E-state index in [0.717, 1.165) is 18.5 Å². The Morgan fingerprint density at radius 1 is 1.30 bits per heavy atom. The van der Waals surface area contributed by atoms with E-state index in [2.05, 4.69) is 31.5 Å². The predicted octanol–water partition coefficient (Wildman–Crippen LogP) is 3.36. The molecule has 1 amide bonds. The monoisotopic (exact) mass is 460 g/mol. The molecule has 0 unspecified atom stereocenters. The summed E-state index contributed by atoms with van der Waals surface area (Å²) in [4.78, 5) is 20.6. The van der Waals surface area contributed by atoms with Crippen molar-refractivity contribution in [1.29, 1.82) is 0 Å². The Labute approximate surface area is 193 Å². The van der Waals surface area contributed by atoms with Gasteiger partial charge in [0.1, 0.15) is 17.2 Å². The molecule has 0 radical (unpaired) electrons. The van der Waals surface area contributed by atoms with Crippen molar-refractivity contribution < 1.29 is 13.9 Å². The zero-order valence-electron chi connectivity index (χ0n) is 19.5. The van der Waals surface area contributed by atoms with Crippen LogP contribution in [0.3, 0.4) is 0 Å². The number of hydrogen-bond acceptors (Lipinski definition) is 9. The van der Waals surface area contributed by atoms with Gasteiger partial charge in [-0.25, -0.2) is 14.2 Å². The summed E-state index contributed by atoms with van der Waals surface area (Å²) in [7, 11) is 0. The Balaban J connectivity index is 2.04. The van der Waals surface area contributed by atoms with Gasteiger partial charge in [-0.15, -0.1) is 0 Å². The number of hydrazine groups is 2. The van der Waals surface area contributed by atoms with Crippen LogP contribution in [0.25, 0.3) is 6.08 Å². The van der Waals surface area contributed by atoms with Gasteiger partial charge in [-0.05, 0) is 51.5 Å². The lowest BCUT2D eigenvalue weighted by molar-refractivity contribution is 0.0522. The van der Waals surface area contributed by atoms with Crippen LogP contribution >= 0.6 is 0 Å². The number of carbonyl (C=O) groups excluding carboxylic acids is 1. The highest BCUT2D eigenvalue weighted by Crippen LogP contribution is 2.19. The van der Waals surface area contributed by atoms with Crippen molar-refractivity contribution in [2.75, 3.05) is 30.3 Å². The van der Waals surface area contributed by atoms with Crippen molar-refractivity contribution in [3.05, 3.63) is 48.0 Å². The van der Waals surface area contributed by atoms with Gasteiger partial charge in [-0.1, -0.05) is 13.0 Å². The molecular weight excluding hydrogens is 427 g/mol. The number of halogens is 1. The van der Waals surface area contributed by atoms with Crippen LogP contribution in [0.15, 0.2) is 36.7 Å². The number of nitrogens with two attached hydrogens (primary N) is 1. The molecule has 0 aliphatic heterocycles. The van der Waals surface area contributed by atoms with Crippen LogP contribution in [-0.2, 0) is 4.74 Å². The summed E-state index contributed by atoms with van der Waals surface area (Å²) in [5, 5.41) is 10.5. The van der Waals surface area contributed by atoms with Crippen LogP contribution in [-0.4, -0.2) is 46.3 Å². The van der Waals surface area contributed by atoms with E-state index >= 15 is 0 Å². The minimum absolute atomic E-state index is 0.317. The molecule has 0 spiro atoms. The molecule has 2 aromatic rings. The average Bonchev–Trinajstić information content (AvgIpc) is 2.74. The molecule has 0 atom stereocenters. The first-order valence-corrected chi connectivity index (χ1v) is 10.7. The third kappa shape index (κ3) is 9.71. The number of benzene rings is 1. The minimum Gasteiger partial charge on any atom is -0.444 e. The molecular formula is C22H33FN8O2. The number of rotatable bonds is 11. The summed E-state index contributed by atoms with van der Waals surface area (Å²) >= 11 is 0. The van der Waals surface area contributed by atoms with E-state index in [1.807, 2.05) is 6.92 Å². The van der Waals surface area contributed by atoms with Gasteiger partial charge in [0.15, 0.2) is 0 Å². The van der Waals surface area contributed by atoms with Crippen LogP contribution in [0.5, 0.6) is 0 Å². The van der Waals surface area contributed by atoms with Gasteiger partial charge in [0, 0.05) is 36.7 Å². The number of nitrogens with zero attached hydrogens (tertiary/aromatic N) is 3. The van der Waals surface area contributed by atoms with Gasteiger partial charge >= 0.3 is 6.09 Å². The lowest BCUT2D eigenvalue weighted by Gasteiger charge is -2.21. The van der Waals surface area contributed by atoms with E-state index in [1.165, 1.54) is 12.1 Å². The first-order valence-electron chi connectivity index (χ1n) is 10.7. The topological polar surface area (TPSA) is 129 Å².